The average Bonchev–Trinajstić information content (AvgIpc) is 3.29. The number of benzene rings is 1. The Morgan fingerprint density at radius 1 is 1.05 bits per heavy atom. The number of aryl methyl sites for hydroxylation is 2. The first-order valence-electron chi connectivity index (χ1n) is 11.5. The second kappa shape index (κ2) is 11.4. The van der Waals surface area contributed by atoms with Crippen LogP contribution in [0.25, 0.3) is 16.9 Å². The Hall–Kier alpha value is -4.37. The lowest BCUT2D eigenvalue weighted by Gasteiger charge is -2.15. The number of alkyl halides is 3. The van der Waals surface area contributed by atoms with Crippen LogP contribution in [0.2, 0.25) is 0 Å². The quantitative estimate of drug-likeness (QED) is 0.297. The molecule has 0 aliphatic rings. The summed E-state index contributed by atoms with van der Waals surface area (Å²) >= 11 is -1.67. The third-order valence-corrected chi connectivity index (χ3v) is 6.00. The Morgan fingerprint density at radius 2 is 1.80 bits per heavy atom. The standard InChI is InChI=1S/C25H24F3N7O4S/c1-13-6-16(10-17(7-13)38-3)31-24-30-12-19(21(32-24)35-14(2)8-20(33-35)25(26,27)28)15-9-18(22(36)34-40(5)37)23(39-4)29-11-15/h6-12H,1-5H3,(H,34,36)(H,30,31,32). The lowest BCUT2D eigenvalue weighted by molar-refractivity contribution is -0.141. The zero-order valence-corrected chi connectivity index (χ0v) is 22.8. The molecule has 3 heterocycles. The summed E-state index contributed by atoms with van der Waals surface area (Å²) in [6.07, 6.45) is -0.690. The summed E-state index contributed by atoms with van der Waals surface area (Å²) in [5, 5.41) is 6.78. The number of carbonyl (C=O) groups is 1. The molecule has 1 atom stereocenters. The molecule has 0 aliphatic carbocycles. The molecule has 1 aromatic carbocycles. The molecule has 0 aliphatic heterocycles. The fourth-order valence-electron chi connectivity index (χ4n) is 3.80. The zero-order valence-electron chi connectivity index (χ0n) is 22.0. The molecule has 0 saturated carbocycles. The predicted octanol–water partition coefficient (Wildman–Crippen LogP) is 4.14. The van der Waals surface area contributed by atoms with E-state index in [0.717, 1.165) is 16.3 Å². The van der Waals surface area contributed by atoms with E-state index in [1.165, 1.54) is 45.9 Å². The summed E-state index contributed by atoms with van der Waals surface area (Å²) in [5.74, 6) is -0.135. The molecule has 40 heavy (non-hydrogen) atoms. The molecule has 1 unspecified atom stereocenters. The van der Waals surface area contributed by atoms with E-state index in [1.54, 1.807) is 6.07 Å². The third-order valence-electron chi connectivity index (χ3n) is 5.53. The highest BCUT2D eigenvalue weighted by molar-refractivity contribution is 7.89. The van der Waals surface area contributed by atoms with E-state index in [4.69, 9.17) is 9.47 Å². The fraction of sp³-hybridized carbons (Fsp3) is 0.240. The van der Waals surface area contributed by atoms with Gasteiger partial charge in [-0.1, -0.05) is 0 Å². The van der Waals surface area contributed by atoms with Crippen molar-refractivity contribution in [3.05, 3.63) is 65.2 Å². The number of hydrogen-bond donors (Lipinski definition) is 2. The molecule has 2 N–H and O–H groups in total. The number of aromatic nitrogens is 5. The van der Waals surface area contributed by atoms with Crippen LogP contribution < -0.4 is 19.5 Å². The topological polar surface area (TPSA) is 139 Å². The summed E-state index contributed by atoms with van der Waals surface area (Å²) in [6.45, 7) is 3.32. The summed E-state index contributed by atoms with van der Waals surface area (Å²) in [7, 11) is 2.83. The van der Waals surface area contributed by atoms with Crippen LogP contribution in [0.15, 0.2) is 42.7 Å². The number of pyridine rings is 1. The molecular formula is C25H24F3N7O4S. The van der Waals surface area contributed by atoms with Crippen LogP contribution in [0.5, 0.6) is 11.6 Å². The predicted molar refractivity (Wildman–Crippen MR) is 141 cm³/mol. The number of ether oxygens (including phenoxy) is 2. The van der Waals surface area contributed by atoms with Gasteiger partial charge in [-0.3, -0.25) is 4.79 Å². The first kappa shape index (κ1) is 28.6. The smallest absolute Gasteiger partial charge is 0.435 e. The maximum atomic E-state index is 13.5. The van der Waals surface area contributed by atoms with Gasteiger partial charge in [0.2, 0.25) is 11.8 Å². The molecule has 1 amide bonds. The van der Waals surface area contributed by atoms with Crippen molar-refractivity contribution in [3.8, 4) is 28.6 Å². The molecule has 0 bridgehead atoms. The molecule has 3 aromatic heterocycles. The molecule has 0 saturated heterocycles. The summed E-state index contributed by atoms with van der Waals surface area (Å²) < 4.78 is 65.8. The molecule has 4 rings (SSSR count). The van der Waals surface area contributed by atoms with Gasteiger partial charge in [0.05, 0.1) is 25.6 Å². The van der Waals surface area contributed by atoms with Crippen LogP contribution in [-0.2, 0) is 17.5 Å². The van der Waals surface area contributed by atoms with Crippen LogP contribution in [0.4, 0.5) is 24.8 Å². The van der Waals surface area contributed by atoms with E-state index in [0.29, 0.717) is 11.4 Å². The van der Waals surface area contributed by atoms with E-state index in [2.05, 4.69) is 30.1 Å². The molecule has 210 valence electrons. The second-order valence-electron chi connectivity index (χ2n) is 8.54. The van der Waals surface area contributed by atoms with Crippen LogP contribution in [0, 0.1) is 13.8 Å². The summed E-state index contributed by atoms with van der Waals surface area (Å²) in [4.78, 5) is 25.6. The Balaban J connectivity index is 1.88. The molecule has 0 fully saturated rings. The highest BCUT2D eigenvalue weighted by Gasteiger charge is 2.35. The van der Waals surface area contributed by atoms with Gasteiger partial charge in [0, 0.05) is 41.0 Å². The van der Waals surface area contributed by atoms with E-state index in [-0.39, 0.29) is 40.0 Å². The Bertz CT molecular complexity index is 1560. The first-order valence-corrected chi connectivity index (χ1v) is 13.1. The lowest BCUT2D eigenvalue weighted by atomic mass is 10.1. The highest BCUT2D eigenvalue weighted by atomic mass is 32.2. The number of halogens is 3. The fourth-order valence-corrected chi connectivity index (χ4v) is 4.17. The van der Waals surface area contributed by atoms with Crippen LogP contribution >= 0.6 is 0 Å². The van der Waals surface area contributed by atoms with Gasteiger partial charge in [-0.15, -0.1) is 0 Å². The van der Waals surface area contributed by atoms with Crippen molar-refractivity contribution in [2.24, 2.45) is 0 Å². The molecule has 0 spiro atoms. The van der Waals surface area contributed by atoms with Gasteiger partial charge >= 0.3 is 6.18 Å². The van der Waals surface area contributed by atoms with Crippen molar-refractivity contribution in [1.29, 1.82) is 0 Å². The molecule has 15 heteroatoms. The van der Waals surface area contributed by atoms with Crippen molar-refractivity contribution in [2.75, 3.05) is 25.8 Å². The minimum atomic E-state index is -4.69. The Morgan fingerprint density at radius 3 is 2.42 bits per heavy atom. The maximum Gasteiger partial charge on any atom is 0.435 e. The number of nitrogens with one attached hydrogen (secondary N) is 2. The zero-order chi connectivity index (χ0) is 29.2. The van der Waals surface area contributed by atoms with E-state index in [9.17, 15) is 22.5 Å². The maximum absolute atomic E-state index is 13.5. The van der Waals surface area contributed by atoms with Crippen molar-refractivity contribution >= 4 is 28.9 Å². The van der Waals surface area contributed by atoms with Crippen LogP contribution in [0.1, 0.15) is 27.3 Å². The minimum Gasteiger partial charge on any atom is -0.593 e. The first-order chi connectivity index (χ1) is 18.9. The number of anilines is 2. The summed E-state index contributed by atoms with van der Waals surface area (Å²) in [6, 6.07) is 7.63. The monoisotopic (exact) mass is 575 g/mol. The lowest BCUT2D eigenvalue weighted by Crippen LogP contribution is -2.29. The van der Waals surface area contributed by atoms with Crippen LogP contribution in [-0.4, -0.2) is 55.7 Å². The van der Waals surface area contributed by atoms with Gasteiger partial charge in [-0.2, -0.15) is 28.0 Å². The van der Waals surface area contributed by atoms with Gasteiger partial charge < -0.3 is 19.3 Å². The number of carbonyl (C=O) groups excluding carboxylic acids is 1. The molecular weight excluding hydrogens is 551 g/mol. The normalized spacial score (nSPS) is 12.1. The van der Waals surface area contributed by atoms with Gasteiger partial charge in [0.1, 0.15) is 17.6 Å². The third kappa shape index (κ3) is 6.26. The van der Waals surface area contributed by atoms with Gasteiger partial charge in [-0.05, 0) is 43.7 Å². The Kier molecular flexibility index (Phi) is 8.16. The molecule has 11 nitrogen and oxygen atoms in total. The SMILES string of the molecule is COc1cc(C)cc(Nc2ncc(-c3cnc(OC)c(C(=O)N[S+](C)[O-])c3)c(-n3nc(C(F)(F)F)cc3C)n2)c1. The molecule has 4 aromatic rings. The van der Waals surface area contributed by atoms with E-state index < -0.39 is 29.1 Å². The van der Waals surface area contributed by atoms with Gasteiger partial charge in [0.25, 0.3) is 5.91 Å². The largest absolute Gasteiger partial charge is 0.593 e. The Labute approximate surface area is 230 Å². The number of hydrogen-bond acceptors (Lipinski definition) is 9. The number of rotatable bonds is 8. The second-order valence-corrected chi connectivity index (χ2v) is 9.65. The van der Waals surface area contributed by atoms with Gasteiger partial charge in [-0.25, -0.2) is 14.6 Å². The van der Waals surface area contributed by atoms with E-state index in [1.807, 2.05) is 19.1 Å². The highest BCUT2D eigenvalue weighted by Crippen LogP contribution is 2.33. The number of amides is 1. The van der Waals surface area contributed by atoms with E-state index >= 15 is 0 Å². The van der Waals surface area contributed by atoms with Crippen molar-refractivity contribution < 1.29 is 32.0 Å². The van der Waals surface area contributed by atoms with Crippen molar-refractivity contribution in [3.63, 3.8) is 0 Å². The number of nitrogens with zero attached hydrogens (tertiary/aromatic N) is 5. The van der Waals surface area contributed by atoms with Crippen LogP contribution in [0.3, 0.4) is 0 Å². The van der Waals surface area contributed by atoms with Crippen molar-refractivity contribution in [2.45, 2.75) is 20.0 Å². The minimum absolute atomic E-state index is 0.0116. The summed E-state index contributed by atoms with van der Waals surface area (Å²) in [5.41, 5.74) is 0.954. The van der Waals surface area contributed by atoms with Gasteiger partial charge in [0.15, 0.2) is 11.5 Å². The number of methoxy groups -OCH3 is 2. The average molecular weight is 576 g/mol. The molecule has 0 radical (unpaired) electrons. The van der Waals surface area contributed by atoms with Crippen molar-refractivity contribution in [1.82, 2.24) is 29.5 Å².